The van der Waals surface area contributed by atoms with Gasteiger partial charge in [0.15, 0.2) is 0 Å². The third-order valence-electron chi connectivity index (χ3n) is 5.80. The molecule has 0 atom stereocenters. The summed E-state index contributed by atoms with van der Waals surface area (Å²) in [6.07, 6.45) is 10.3. The number of anilines is 1. The number of hydrogen-bond donors (Lipinski definition) is 0. The highest BCUT2D eigenvalue weighted by Gasteiger charge is 2.25. The average molecular weight is 367 g/mol. The van der Waals surface area contributed by atoms with Crippen LogP contribution >= 0.6 is 11.3 Å². The maximum Gasteiger partial charge on any atom is 0.150 e. The Bertz CT molecular complexity index is 969. The molecule has 0 bridgehead atoms. The Morgan fingerprint density at radius 1 is 1.04 bits per heavy atom. The van der Waals surface area contributed by atoms with Gasteiger partial charge in [0, 0.05) is 24.2 Å². The zero-order valence-electron chi connectivity index (χ0n) is 15.7. The van der Waals surface area contributed by atoms with Crippen molar-refractivity contribution in [1.29, 1.82) is 0 Å². The van der Waals surface area contributed by atoms with Crippen molar-refractivity contribution in [2.75, 3.05) is 18.0 Å². The molecule has 0 saturated carbocycles. The van der Waals surface area contributed by atoms with Gasteiger partial charge in [0.25, 0.3) is 0 Å². The lowest BCUT2D eigenvalue weighted by atomic mass is 9.99. The number of hydrogen-bond acceptors (Lipinski definition) is 5. The highest BCUT2D eigenvalue weighted by Crippen LogP contribution is 2.42. The third-order valence-corrected chi connectivity index (χ3v) is 6.86. The summed E-state index contributed by atoms with van der Waals surface area (Å²) in [6, 6.07) is 0. The molecule has 136 valence electrons. The molecule has 5 heteroatoms. The van der Waals surface area contributed by atoms with Crippen LogP contribution in [-0.4, -0.2) is 28.0 Å². The van der Waals surface area contributed by atoms with Crippen molar-refractivity contribution >= 4 is 37.6 Å². The molecule has 0 amide bonds. The summed E-state index contributed by atoms with van der Waals surface area (Å²) in [4.78, 5) is 18.2. The standard InChI is InChI=1S/C21H26N4S/c1-13(2)11-16-14-7-6-8-15(14)17-18-19(26-21(17)24-16)20(23-12-22-18)25-9-4-3-5-10-25/h12-13H,3-11H2,1-2H3. The first-order chi connectivity index (χ1) is 12.7. The predicted octanol–water partition coefficient (Wildman–Crippen LogP) is 4.92. The van der Waals surface area contributed by atoms with Crippen LogP contribution in [0.15, 0.2) is 6.33 Å². The number of rotatable bonds is 3. The lowest BCUT2D eigenvalue weighted by Gasteiger charge is -2.27. The van der Waals surface area contributed by atoms with Crippen LogP contribution in [0.2, 0.25) is 0 Å². The van der Waals surface area contributed by atoms with Gasteiger partial charge in [0.05, 0.1) is 10.2 Å². The summed E-state index contributed by atoms with van der Waals surface area (Å²) >= 11 is 1.81. The van der Waals surface area contributed by atoms with Crippen LogP contribution in [0.1, 0.15) is 56.4 Å². The molecule has 3 aromatic rings. The van der Waals surface area contributed by atoms with E-state index < -0.39 is 0 Å². The maximum atomic E-state index is 5.14. The molecule has 3 aromatic heterocycles. The molecule has 1 aliphatic carbocycles. The van der Waals surface area contributed by atoms with Crippen LogP contribution in [0.3, 0.4) is 0 Å². The molecule has 0 N–H and O–H groups in total. The van der Waals surface area contributed by atoms with Gasteiger partial charge in [-0.2, -0.15) is 0 Å². The first-order valence-corrected chi connectivity index (χ1v) is 10.9. The summed E-state index contributed by atoms with van der Waals surface area (Å²) in [5.74, 6) is 1.78. The van der Waals surface area contributed by atoms with E-state index in [0.29, 0.717) is 5.92 Å². The third kappa shape index (κ3) is 2.59. The minimum absolute atomic E-state index is 0.641. The van der Waals surface area contributed by atoms with E-state index in [1.165, 1.54) is 70.3 Å². The Hall–Kier alpha value is -1.75. The second kappa shape index (κ2) is 6.45. The lowest BCUT2D eigenvalue weighted by Crippen LogP contribution is -2.30. The first-order valence-electron chi connectivity index (χ1n) is 10.0. The van der Waals surface area contributed by atoms with Crippen molar-refractivity contribution in [2.24, 2.45) is 5.92 Å². The molecule has 0 aromatic carbocycles. The van der Waals surface area contributed by atoms with Gasteiger partial charge in [-0.1, -0.05) is 13.8 Å². The Morgan fingerprint density at radius 3 is 2.65 bits per heavy atom. The molecule has 0 unspecified atom stereocenters. The molecule has 1 aliphatic heterocycles. The van der Waals surface area contributed by atoms with Gasteiger partial charge in [-0.3, -0.25) is 0 Å². The minimum atomic E-state index is 0.641. The Kier molecular flexibility index (Phi) is 4.07. The number of pyridine rings is 1. The number of nitrogens with zero attached hydrogens (tertiary/aromatic N) is 4. The van der Waals surface area contributed by atoms with Gasteiger partial charge in [-0.15, -0.1) is 11.3 Å². The predicted molar refractivity (Wildman–Crippen MR) is 109 cm³/mol. The second-order valence-electron chi connectivity index (χ2n) is 8.17. The summed E-state index contributed by atoms with van der Waals surface area (Å²) < 4.78 is 1.24. The SMILES string of the molecule is CC(C)Cc1nc2sc3c(N4CCCCC4)ncnc3c2c2c1CCC2. The van der Waals surface area contributed by atoms with E-state index in [1.807, 2.05) is 11.3 Å². The summed E-state index contributed by atoms with van der Waals surface area (Å²) in [7, 11) is 0. The zero-order chi connectivity index (χ0) is 17.7. The quantitative estimate of drug-likeness (QED) is 0.660. The van der Waals surface area contributed by atoms with E-state index in [-0.39, 0.29) is 0 Å². The summed E-state index contributed by atoms with van der Waals surface area (Å²) in [5, 5.41) is 1.32. The largest absolute Gasteiger partial charge is 0.355 e. The highest BCUT2D eigenvalue weighted by atomic mass is 32.1. The molecule has 0 radical (unpaired) electrons. The molecule has 26 heavy (non-hydrogen) atoms. The maximum absolute atomic E-state index is 5.14. The van der Waals surface area contributed by atoms with Crippen LogP contribution in [0, 0.1) is 5.92 Å². The molecule has 4 nitrogen and oxygen atoms in total. The number of fused-ring (bicyclic) bond motifs is 5. The number of aromatic nitrogens is 3. The molecule has 1 fully saturated rings. The number of aryl methyl sites for hydroxylation is 1. The highest BCUT2D eigenvalue weighted by molar-refractivity contribution is 7.26. The molecule has 1 saturated heterocycles. The fourth-order valence-corrected chi connectivity index (χ4v) is 5.85. The Labute approximate surface area is 158 Å². The molecule has 2 aliphatic rings. The fraction of sp³-hybridized carbons (Fsp3) is 0.571. The van der Waals surface area contributed by atoms with Gasteiger partial charge in [0.2, 0.25) is 0 Å². The van der Waals surface area contributed by atoms with Gasteiger partial charge >= 0.3 is 0 Å². The van der Waals surface area contributed by atoms with E-state index in [4.69, 9.17) is 9.97 Å². The van der Waals surface area contributed by atoms with Crippen LogP contribution < -0.4 is 4.90 Å². The van der Waals surface area contributed by atoms with Crippen molar-refractivity contribution in [1.82, 2.24) is 15.0 Å². The molecule has 5 rings (SSSR count). The molecule has 0 spiro atoms. The second-order valence-corrected chi connectivity index (χ2v) is 9.17. The van der Waals surface area contributed by atoms with Crippen molar-refractivity contribution in [3.63, 3.8) is 0 Å². The average Bonchev–Trinajstić information content (AvgIpc) is 3.25. The topological polar surface area (TPSA) is 41.9 Å². The van der Waals surface area contributed by atoms with E-state index >= 15 is 0 Å². The van der Waals surface area contributed by atoms with E-state index in [9.17, 15) is 0 Å². The zero-order valence-corrected chi connectivity index (χ0v) is 16.5. The van der Waals surface area contributed by atoms with E-state index in [0.717, 1.165) is 30.8 Å². The van der Waals surface area contributed by atoms with Gasteiger partial charge in [0.1, 0.15) is 17.0 Å². The normalized spacial score (nSPS) is 17.6. The first kappa shape index (κ1) is 16.4. The van der Waals surface area contributed by atoms with Crippen molar-refractivity contribution in [3.8, 4) is 0 Å². The summed E-state index contributed by atoms with van der Waals surface area (Å²) in [5.41, 5.74) is 5.52. The number of piperidine rings is 1. The van der Waals surface area contributed by atoms with Crippen LogP contribution in [-0.2, 0) is 19.3 Å². The van der Waals surface area contributed by atoms with Crippen LogP contribution in [0.5, 0.6) is 0 Å². The molecular weight excluding hydrogens is 340 g/mol. The van der Waals surface area contributed by atoms with Gasteiger partial charge < -0.3 is 4.90 Å². The van der Waals surface area contributed by atoms with E-state index in [2.05, 4.69) is 23.7 Å². The summed E-state index contributed by atoms with van der Waals surface area (Å²) in [6.45, 7) is 6.81. The lowest BCUT2D eigenvalue weighted by molar-refractivity contribution is 0.575. The van der Waals surface area contributed by atoms with Gasteiger partial charge in [-0.25, -0.2) is 15.0 Å². The van der Waals surface area contributed by atoms with Crippen LogP contribution in [0.4, 0.5) is 5.82 Å². The van der Waals surface area contributed by atoms with Gasteiger partial charge in [-0.05, 0) is 62.0 Å². The van der Waals surface area contributed by atoms with Crippen molar-refractivity contribution in [3.05, 3.63) is 23.1 Å². The Morgan fingerprint density at radius 2 is 1.85 bits per heavy atom. The Balaban J connectivity index is 1.74. The minimum Gasteiger partial charge on any atom is -0.355 e. The monoisotopic (exact) mass is 366 g/mol. The molecular formula is C21H26N4S. The number of thiophene rings is 1. The van der Waals surface area contributed by atoms with E-state index in [1.54, 1.807) is 6.33 Å². The fourth-order valence-electron chi connectivity index (χ4n) is 4.65. The smallest absolute Gasteiger partial charge is 0.150 e. The van der Waals surface area contributed by atoms with Crippen LogP contribution in [0.25, 0.3) is 20.4 Å². The molecule has 4 heterocycles. The van der Waals surface area contributed by atoms with Crippen molar-refractivity contribution < 1.29 is 0 Å². The van der Waals surface area contributed by atoms with Crippen molar-refractivity contribution in [2.45, 2.75) is 58.8 Å².